The molecule has 11 aromatic rings. The summed E-state index contributed by atoms with van der Waals surface area (Å²) in [5, 5.41) is 0. The Labute approximate surface area is 595 Å². The minimum atomic E-state index is -0.965. The van der Waals surface area contributed by atoms with Crippen molar-refractivity contribution in [3.63, 3.8) is 0 Å². The van der Waals surface area contributed by atoms with Crippen LogP contribution in [0.15, 0.2) is 297 Å². The Balaban J connectivity index is 0. The van der Waals surface area contributed by atoms with Gasteiger partial charge in [-0.3, -0.25) is 0 Å². The average molecular weight is 1350 g/mol. The Kier molecular flexibility index (Phi) is 43.5. The highest BCUT2D eigenvalue weighted by molar-refractivity contribution is 5.42. The van der Waals surface area contributed by atoms with Crippen LogP contribution in [-0.4, -0.2) is 33.3 Å². The maximum absolute atomic E-state index is 6.14. The first-order valence-corrected chi connectivity index (χ1v) is 29.1. The van der Waals surface area contributed by atoms with E-state index in [1.807, 2.05) is 269 Å². The molecular weight excluding hydrogens is 1240 g/mol. The quantitative estimate of drug-likeness (QED) is 0.0481. The van der Waals surface area contributed by atoms with Crippen molar-refractivity contribution in [2.45, 2.75) is 127 Å². The molecule has 2 unspecified atom stereocenters. The summed E-state index contributed by atoms with van der Waals surface area (Å²) in [7, 11) is 0. The minimum absolute atomic E-state index is 0. The molecule has 0 amide bonds. The van der Waals surface area contributed by atoms with Crippen molar-refractivity contribution in [2.24, 2.45) is 0 Å². The summed E-state index contributed by atoms with van der Waals surface area (Å²) >= 11 is 0. The van der Waals surface area contributed by atoms with E-state index in [-0.39, 0.29) is 100 Å². The Hall–Kier alpha value is -11.0. The average Bonchev–Trinajstić information content (AvgIpc) is 0.806. The lowest BCUT2D eigenvalue weighted by molar-refractivity contribution is -0.140. The van der Waals surface area contributed by atoms with E-state index in [4.69, 9.17) is 56.8 Å². The van der Waals surface area contributed by atoms with Gasteiger partial charge in [-0.05, 0) is 177 Å². The second-order valence-corrected chi connectivity index (χ2v) is 20.7. The number of para-hydroxylation sites is 5. The zero-order valence-electron chi connectivity index (χ0n) is 50.5. The summed E-state index contributed by atoms with van der Waals surface area (Å²) in [5.41, 5.74) is 5.58. The first-order chi connectivity index (χ1) is 43.5. The minimum Gasteiger partial charge on any atom is -0.458 e. The summed E-state index contributed by atoms with van der Waals surface area (Å²) < 4.78 is 69.4. The molecule has 99 heavy (non-hydrogen) atoms. The van der Waals surface area contributed by atoms with Crippen LogP contribution in [-0.2, 0) is 5.41 Å². The van der Waals surface area contributed by atoms with Gasteiger partial charge in [0.2, 0.25) is 20.4 Å². The number of benzene rings is 11. The number of hydrogen-bond acceptors (Lipinski definition) is 12. The van der Waals surface area contributed by atoms with Gasteiger partial charge in [0.1, 0.15) is 69.0 Å². The van der Waals surface area contributed by atoms with Crippen molar-refractivity contribution < 1.29 is 56.8 Å². The third-order valence-electron chi connectivity index (χ3n) is 13.5. The molecule has 0 saturated heterocycles. The summed E-state index contributed by atoms with van der Waals surface area (Å²) in [6, 6.07) is 94.3. The van der Waals surface area contributed by atoms with Crippen LogP contribution >= 0.6 is 0 Å². The lowest BCUT2D eigenvalue weighted by Crippen LogP contribution is -2.30. The third kappa shape index (κ3) is 30.8. The first kappa shape index (κ1) is 90.1. The van der Waals surface area contributed by atoms with Crippen molar-refractivity contribution in [1.29, 1.82) is 0 Å². The largest absolute Gasteiger partial charge is 0.458 e. The van der Waals surface area contributed by atoms with Gasteiger partial charge < -0.3 is 56.8 Å². The lowest BCUT2D eigenvalue weighted by Gasteiger charge is -2.27. The predicted molar refractivity (Wildman–Crippen MR) is 414 cm³/mol. The van der Waals surface area contributed by atoms with Gasteiger partial charge in [0, 0.05) is 5.41 Å². The van der Waals surface area contributed by atoms with Gasteiger partial charge in [0.15, 0.2) is 0 Å². The van der Waals surface area contributed by atoms with Crippen LogP contribution in [0.5, 0.6) is 69.0 Å². The summed E-state index contributed by atoms with van der Waals surface area (Å²) in [4.78, 5) is 0. The maximum atomic E-state index is 6.14. The van der Waals surface area contributed by atoms with Crippen LogP contribution in [0, 0.1) is 20.8 Å². The molecule has 0 spiro atoms. The molecule has 0 radical (unpaired) electrons. The summed E-state index contributed by atoms with van der Waals surface area (Å²) in [5.74, 6) is 8.40. The van der Waals surface area contributed by atoms with E-state index in [1.165, 1.54) is 5.56 Å². The van der Waals surface area contributed by atoms with E-state index in [1.54, 1.807) is 24.3 Å². The Morgan fingerprint density at radius 1 is 0.202 bits per heavy atom. The molecule has 11 rings (SSSR count). The summed E-state index contributed by atoms with van der Waals surface area (Å²) in [6.45, 7) is 9.05. The van der Waals surface area contributed by atoms with Crippen LogP contribution in [0.4, 0.5) is 0 Å². The fourth-order valence-corrected chi connectivity index (χ4v) is 8.42. The second kappa shape index (κ2) is 47.8. The van der Waals surface area contributed by atoms with E-state index in [0.29, 0.717) is 40.2 Å². The van der Waals surface area contributed by atoms with E-state index >= 15 is 0 Å². The van der Waals surface area contributed by atoms with Crippen molar-refractivity contribution >= 4 is 0 Å². The second-order valence-electron chi connectivity index (χ2n) is 20.7. The van der Waals surface area contributed by atoms with Crippen LogP contribution in [0.25, 0.3) is 0 Å². The van der Waals surface area contributed by atoms with E-state index in [0.717, 1.165) is 51.0 Å². The van der Waals surface area contributed by atoms with Crippen LogP contribution in [0.2, 0.25) is 0 Å². The molecule has 0 fully saturated rings. The lowest BCUT2D eigenvalue weighted by atomic mass is 9.78. The number of ether oxygens (including phenoxy) is 12. The predicted octanol–water partition coefficient (Wildman–Crippen LogP) is 24.6. The molecule has 0 aromatic heterocycles. The van der Waals surface area contributed by atoms with Crippen molar-refractivity contribution in [2.75, 3.05) is 20.4 Å². The Bertz CT molecular complexity index is 3710. The van der Waals surface area contributed by atoms with Crippen LogP contribution < -0.4 is 56.8 Å². The molecule has 0 heterocycles. The molecule has 0 bridgehead atoms. The SMILES string of the molecule is C.C.C.C.C.C.C.C.C.C.Cc1ccc(OC(Oc2ccccc2)Oc2ccc(C(C)(C)c3ccc(OCOc4ccccc4)cc3)cc2)cc1.Cc1ccc(OC(Oc2ccccc2)Oc2ccc(OCOc3ccccc3)cc2)cc1.Cc1ccc(OCOc2ccccc2)cc1. The molecule has 2 atom stereocenters. The highest BCUT2D eigenvalue weighted by Gasteiger charge is 2.24. The number of rotatable bonds is 26. The zero-order valence-corrected chi connectivity index (χ0v) is 50.5. The van der Waals surface area contributed by atoms with Crippen molar-refractivity contribution in [3.8, 4) is 69.0 Å². The highest BCUT2D eigenvalue weighted by atomic mass is 16.9. The van der Waals surface area contributed by atoms with E-state index in [9.17, 15) is 0 Å². The molecule has 12 nitrogen and oxygen atoms in total. The van der Waals surface area contributed by atoms with E-state index in [2.05, 4.69) is 38.1 Å². The molecule has 11 aromatic carbocycles. The van der Waals surface area contributed by atoms with Crippen molar-refractivity contribution in [3.05, 3.63) is 325 Å². The van der Waals surface area contributed by atoms with Gasteiger partial charge in [0.05, 0.1) is 0 Å². The van der Waals surface area contributed by atoms with Gasteiger partial charge in [-0.25, -0.2) is 0 Å². The molecule has 532 valence electrons. The van der Waals surface area contributed by atoms with E-state index < -0.39 is 13.0 Å². The molecule has 0 aliphatic rings. The van der Waals surface area contributed by atoms with Gasteiger partial charge >= 0.3 is 13.0 Å². The van der Waals surface area contributed by atoms with Gasteiger partial charge in [0.25, 0.3) is 0 Å². The zero-order chi connectivity index (χ0) is 61.7. The molecule has 0 aliphatic heterocycles. The topological polar surface area (TPSA) is 111 Å². The monoisotopic (exact) mass is 1350 g/mol. The van der Waals surface area contributed by atoms with Crippen LogP contribution in [0.3, 0.4) is 0 Å². The normalized spacial score (nSPS) is 10.1. The first-order valence-electron chi connectivity index (χ1n) is 29.1. The Morgan fingerprint density at radius 2 is 0.354 bits per heavy atom. The van der Waals surface area contributed by atoms with Gasteiger partial charge in [-0.15, -0.1) is 0 Å². The van der Waals surface area contributed by atoms with Gasteiger partial charge in [-0.1, -0.05) is 256 Å². The maximum Gasteiger partial charge on any atom is 0.406 e. The smallest absolute Gasteiger partial charge is 0.406 e. The molecule has 0 aliphatic carbocycles. The Morgan fingerprint density at radius 3 is 0.586 bits per heavy atom. The van der Waals surface area contributed by atoms with Crippen LogP contribution in [0.1, 0.15) is 116 Å². The number of hydrogen-bond donors (Lipinski definition) is 0. The third-order valence-corrected chi connectivity index (χ3v) is 13.5. The molecule has 12 heteroatoms. The fraction of sp³-hybridized carbons (Fsp3) is 0.241. The molecular formula is C87H112O12. The van der Waals surface area contributed by atoms with Gasteiger partial charge in [-0.2, -0.15) is 0 Å². The fourth-order valence-electron chi connectivity index (χ4n) is 8.42. The molecule has 0 N–H and O–H groups in total. The van der Waals surface area contributed by atoms with Crippen molar-refractivity contribution in [1.82, 2.24) is 0 Å². The highest BCUT2D eigenvalue weighted by Crippen LogP contribution is 2.34. The standard InChI is InChI=1S/C36H34O5.C27H24O5.C14H14O2.10CH4/c1-27-14-20-33(21-15-27)40-35(39-32-12-8-5-9-13-32)41-34-24-18-29(19-25-34)36(2,3)28-16-22-31(23-17-28)38-26-37-30-10-6-4-7-11-30;1-21-12-14-25(15-13-21)31-27(30-24-10-6-3-7-11-24)32-26-18-16-23(17-19-26)29-20-28-22-8-4-2-5-9-22;1-12-7-9-14(10-8-12)16-11-15-13-5-3-2-4-6-13;;;;;;;;;;/h4-25,35H,26H2,1-3H3;2-19,27H,20H2,1H3;2-10H,11H2,1H3;10*1H4. The molecule has 0 saturated carbocycles. The number of aryl methyl sites for hydroxylation is 3. The summed E-state index contributed by atoms with van der Waals surface area (Å²) in [6.07, 6.45) is 0.